The van der Waals surface area contributed by atoms with Crippen LogP contribution in [0.2, 0.25) is 20.1 Å². The molecule has 7 aromatic carbocycles. The summed E-state index contributed by atoms with van der Waals surface area (Å²) in [6.45, 7) is 3.41. The van der Waals surface area contributed by atoms with Crippen LogP contribution in [0, 0.1) is 0 Å². The molecule has 8 nitrogen and oxygen atoms in total. The maximum Gasteiger partial charge on any atom is 0.341 e. The molecule has 10 rings (SSSR count). The number of halogens is 4. The summed E-state index contributed by atoms with van der Waals surface area (Å²) in [4.78, 5) is 19.9. The highest BCUT2D eigenvalue weighted by Gasteiger charge is 2.56. The number of rotatable bonds is 14. The molecule has 12 heteroatoms. The second kappa shape index (κ2) is 20.4. The number of cyclic esters (lactones) is 1. The van der Waals surface area contributed by atoms with Crippen molar-refractivity contribution in [2.45, 2.75) is 31.3 Å². The van der Waals surface area contributed by atoms with Crippen LogP contribution in [0.3, 0.4) is 0 Å². The molecule has 70 heavy (non-hydrogen) atoms. The molecular formula is C58H48Cl4N2O6. The van der Waals surface area contributed by atoms with Crippen LogP contribution in [0.25, 0.3) is 23.3 Å². The van der Waals surface area contributed by atoms with Crippen LogP contribution in [0.1, 0.15) is 63.9 Å². The van der Waals surface area contributed by atoms with Gasteiger partial charge in [0.15, 0.2) is 5.60 Å². The van der Waals surface area contributed by atoms with E-state index in [0.717, 1.165) is 97.0 Å². The first-order valence-corrected chi connectivity index (χ1v) is 24.7. The number of benzene rings is 7. The van der Waals surface area contributed by atoms with E-state index in [1.165, 1.54) is 0 Å². The highest BCUT2D eigenvalue weighted by atomic mass is 35.5. The third kappa shape index (κ3) is 9.17. The zero-order valence-electron chi connectivity index (χ0n) is 38.5. The number of ether oxygens (including phenoxy) is 5. The van der Waals surface area contributed by atoms with Gasteiger partial charge in [0.2, 0.25) is 0 Å². The van der Waals surface area contributed by atoms with E-state index < -0.39 is 11.6 Å². The zero-order valence-corrected chi connectivity index (χ0v) is 41.5. The molecule has 0 spiro atoms. The molecule has 3 heterocycles. The summed E-state index contributed by atoms with van der Waals surface area (Å²) in [6, 6.07) is 46.9. The van der Waals surface area contributed by atoms with Gasteiger partial charge in [-0.25, -0.2) is 4.79 Å². The van der Waals surface area contributed by atoms with Gasteiger partial charge in [0.05, 0.1) is 39.9 Å². The van der Waals surface area contributed by atoms with Gasteiger partial charge in [0.25, 0.3) is 0 Å². The molecule has 0 atom stereocenters. The lowest BCUT2D eigenvalue weighted by molar-refractivity contribution is 0.0351. The first kappa shape index (κ1) is 47.1. The van der Waals surface area contributed by atoms with Crippen LogP contribution in [0.15, 0.2) is 146 Å². The Balaban J connectivity index is 1.24. The Hall–Kier alpha value is -6.55. The number of para-hydroxylation sites is 2. The van der Waals surface area contributed by atoms with Crippen molar-refractivity contribution in [3.63, 3.8) is 0 Å². The number of anilines is 2. The summed E-state index contributed by atoms with van der Waals surface area (Å²) < 4.78 is 30.4. The Morgan fingerprint density at radius 1 is 0.486 bits per heavy atom. The molecule has 7 aromatic rings. The lowest BCUT2D eigenvalue weighted by atomic mass is 9.72. The second-order valence-corrected chi connectivity index (χ2v) is 18.8. The quantitative estimate of drug-likeness (QED) is 0.0462. The average molecular weight is 1010 g/mol. The number of hydrogen-bond donors (Lipinski definition) is 0. The van der Waals surface area contributed by atoms with Gasteiger partial charge in [-0.3, -0.25) is 0 Å². The van der Waals surface area contributed by atoms with Gasteiger partial charge < -0.3 is 33.5 Å². The van der Waals surface area contributed by atoms with Crippen LogP contribution in [-0.4, -0.2) is 46.4 Å². The zero-order chi connectivity index (χ0) is 48.4. The highest BCUT2D eigenvalue weighted by molar-refractivity contribution is 6.53. The minimum Gasteiger partial charge on any atom is -0.497 e. The Labute approximate surface area is 428 Å². The number of methoxy groups -OCH3 is 2. The SMILES string of the molecule is COc1ccc(Oc2ccc(C=C(c3ccccc3N3CCCC3)C3(C(=Cc4ccc(Oc5ccc(OC)cc5)cc4)c4ccccc4N4CCCC4)OC(=O)c4c(Cl)c(Cl)c(Cl)c(Cl)c43)cc2)cc1. The van der Waals surface area contributed by atoms with E-state index in [1.54, 1.807) is 14.2 Å². The standard InChI is InChI=1S/C58H48Cl4N2O6/c1-66-39-23-27-43(28-24-39)68-41-19-15-37(16-20-41)35-47(45-11-3-5-13-49(45)63-31-7-8-32-63)58(52-51(57(65)70-58)53(59)55(61)56(62)54(52)60)48(46-12-4-6-14-50(46)64-33-9-10-34-64)36-38-17-21-42(22-18-38)69-44-29-25-40(67-2)26-30-44/h3-6,11-30,35-36H,7-10,31-34H2,1-2H3. The monoisotopic (exact) mass is 1010 g/mol. The van der Waals surface area contributed by atoms with Crippen LogP contribution < -0.4 is 28.7 Å². The van der Waals surface area contributed by atoms with E-state index in [0.29, 0.717) is 39.7 Å². The molecular weight excluding hydrogens is 962 g/mol. The molecule has 0 unspecified atom stereocenters. The minimum absolute atomic E-state index is 0.00850. The van der Waals surface area contributed by atoms with Crippen LogP contribution in [0.5, 0.6) is 34.5 Å². The number of carbonyl (C=O) groups is 1. The maximum absolute atomic E-state index is 15.1. The summed E-state index contributed by atoms with van der Waals surface area (Å²) in [5.41, 5.74) is 5.00. The van der Waals surface area contributed by atoms with E-state index in [4.69, 9.17) is 70.1 Å². The number of fused-ring (bicyclic) bond motifs is 1. The van der Waals surface area contributed by atoms with Gasteiger partial charge in [-0.1, -0.05) is 107 Å². The summed E-state index contributed by atoms with van der Waals surface area (Å²) in [7, 11) is 3.26. The van der Waals surface area contributed by atoms with Crippen molar-refractivity contribution in [3.8, 4) is 34.5 Å². The second-order valence-electron chi connectivity index (χ2n) is 17.3. The highest BCUT2D eigenvalue weighted by Crippen LogP contribution is 2.62. The number of esters is 1. The van der Waals surface area contributed by atoms with Crippen molar-refractivity contribution in [1.82, 2.24) is 0 Å². The molecule has 3 aliphatic rings. The predicted octanol–water partition coefficient (Wildman–Crippen LogP) is 15.9. The van der Waals surface area contributed by atoms with Gasteiger partial charge in [-0.2, -0.15) is 0 Å². The molecule has 0 aromatic heterocycles. The van der Waals surface area contributed by atoms with Crippen LogP contribution in [0.4, 0.5) is 11.4 Å². The minimum atomic E-state index is -1.80. The lowest BCUT2D eigenvalue weighted by Crippen LogP contribution is -2.32. The Bertz CT molecular complexity index is 2940. The lowest BCUT2D eigenvalue weighted by Gasteiger charge is -2.38. The third-order valence-electron chi connectivity index (χ3n) is 13.1. The van der Waals surface area contributed by atoms with E-state index in [9.17, 15) is 0 Å². The fourth-order valence-corrected chi connectivity index (χ4v) is 10.7. The first-order chi connectivity index (χ1) is 34.1. The molecule has 0 N–H and O–H groups in total. The van der Waals surface area contributed by atoms with E-state index in [1.807, 2.05) is 121 Å². The maximum atomic E-state index is 15.1. The van der Waals surface area contributed by atoms with Crippen molar-refractivity contribution < 1.29 is 28.5 Å². The third-order valence-corrected chi connectivity index (χ3v) is 14.9. The molecule has 0 saturated carbocycles. The van der Waals surface area contributed by atoms with Crippen LogP contribution in [-0.2, 0) is 10.3 Å². The van der Waals surface area contributed by atoms with E-state index in [-0.39, 0.29) is 25.7 Å². The van der Waals surface area contributed by atoms with Gasteiger partial charge in [-0.05, 0) is 134 Å². The van der Waals surface area contributed by atoms with Crippen molar-refractivity contribution in [2.75, 3.05) is 50.2 Å². The van der Waals surface area contributed by atoms with E-state index >= 15 is 4.79 Å². The molecule has 2 saturated heterocycles. The van der Waals surface area contributed by atoms with Crippen LogP contribution >= 0.6 is 46.4 Å². The van der Waals surface area contributed by atoms with Gasteiger partial charge in [0, 0.05) is 65.4 Å². The molecule has 0 aliphatic carbocycles. The van der Waals surface area contributed by atoms with Gasteiger partial charge in [-0.15, -0.1) is 0 Å². The smallest absolute Gasteiger partial charge is 0.341 e. The van der Waals surface area contributed by atoms with Crippen molar-refractivity contribution in [1.29, 1.82) is 0 Å². The Kier molecular flexibility index (Phi) is 13.8. The molecule has 2 fully saturated rings. The van der Waals surface area contributed by atoms with Crippen molar-refractivity contribution >= 4 is 87.0 Å². The predicted molar refractivity (Wildman–Crippen MR) is 284 cm³/mol. The van der Waals surface area contributed by atoms with Crippen molar-refractivity contribution in [3.05, 3.63) is 199 Å². The van der Waals surface area contributed by atoms with E-state index in [2.05, 4.69) is 46.2 Å². The topological polar surface area (TPSA) is 69.7 Å². The fourth-order valence-electron chi connectivity index (χ4n) is 9.69. The number of hydrogen-bond acceptors (Lipinski definition) is 8. The Morgan fingerprint density at radius 2 is 0.843 bits per heavy atom. The summed E-state index contributed by atoms with van der Waals surface area (Å²) >= 11 is 28.7. The molecule has 354 valence electrons. The van der Waals surface area contributed by atoms with Gasteiger partial charge >= 0.3 is 5.97 Å². The first-order valence-electron chi connectivity index (χ1n) is 23.2. The normalized spacial score (nSPS) is 16.9. The average Bonchev–Trinajstić information content (AvgIpc) is 4.20. The van der Waals surface area contributed by atoms with Gasteiger partial charge in [0.1, 0.15) is 34.5 Å². The van der Waals surface area contributed by atoms with Crippen molar-refractivity contribution in [2.24, 2.45) is 0 Å². The number of carbonyl (C=O) groups excluding carboxylic acids is 1. The molecule has 0 bridgehead atoms. The molecule has 0 radical (unpaired) electrons. The largest absolute Gasteiger partial charge is 0.497 e. The summed E-state index contributed by atoms with van der Waals surface area (Å²) in [6.07, 6.45) is 8.28. The Morgan fingerprint density at radius 3 is 1.24 bits per heavy atom. The number of nitrogens with zero attached hydrogens (tertiary/aromatic N) is 2. The molecule has 3 aliphatic heterocycles. The summed E-state index contributed by atoms with van der Waals surface area (Å²) in [5, 5.41) is -0.0187. The summed E-state index contributed by atoms with van der Waals surface area (Å²) in [5.74, 6) is 3.35. The fraction of sp³-hybridized carbons (Fsp3) is 0.190. The molecule has 0 amide bonds.